The summed E-state index contributed by atoms with van der Waals surface area (Å²) in [6, 6.07) is 15.3. The first kappa shape index (κ1) is 23.8. The second-order valence-electron chi connectivity index (χ2n) is 9.35. The highest BCUT2D eigenvalue weighted by atomic mass is 16.5. The van der Waals surface area contributed by atoms with E-state index >= 15 is 0 Å². The quantitative estimate of drug-likeness (QED) is 0.569. The fourth-order valence-corrected chi connectivity index (χ4v) is 4.14. The minimum Gasteiger partial charge on any atom is -0.484 e. The average Bonchev–Trinajstić information content (AvgIpc) is 2.83. The molecule has 2 amide bonds. The van der Waals surface area contributed by atoms with Gasteiger partial charge < -0.3 is 15.0 Å². The fourth-order valence-electron chi connectivity index (χ4n) is 4.14. The molecule has 1 aliphatic rings. The second kappa shape index (κ2) is 10.7. The summed E-state index contributed by atoms with van der Waals surface area (Å²) < 4.78 is 5.68. The summed E-state index contributed by atoms with van der Waals surface area (Å²) in [6.07, 6.45) is 6.69. The number of nitrogens with one attached hydrogen (secondary N) is 1. The van der Waals surface area contributed by atoms with Crippen LogP contribution in [0.4, 0.5) is 5.69 Å². The van der Waals surface area contributed by atoms with Crippen LogP contribution in [0.2, 0.25) is 0 Å². The van der Waals surface area contributed by atoms with Crippen LogP contribution in [0.15, 0.2) is 48.5 Å². The van der Waals surface area contributed by atoms with Crippen LogP contribution in [-0.4, -0.2) is 36.4 Å². The van der Waals surface area contributed by atoms with E-state index in [1.807, 2.05) is 48.3 Å². The largest absolute Gasteiger partial charge is 0.484 e. The Morgan fingerprint density at radius 1 is 1.03 bits per heavy atom. The number of anilines is 1. The molecule has 0 atom stereocenters. The summed E-state index contributed by atoms with van der Waals surface area (Å²) in [6.45, 7) is 6.48. The van der Waals surface area contributed by atoms with Crippen LogP contribution in [0.3, 0.4) is 0 Å². The van der Waals surface area contributed by atoms with Crippen LogP contribution in [-0.2, 0) is 10.2 Å². The number of ether oxygens (including phenoxy) is 1. The Morgan fingerprint density at radius 3 is 2.34 bits per heavy atom. The highest BCUT2D eigenvalue weighted by Crippen LogP contribution is 2.28. The van der Waals surface area contributed by atoms with E-state index in [2.05, 4.69) is 26.1 Å². The average molecular weight is 437 g/mol. The second-order valence-corrected chi connectivity index (χ2v) is 9.35. The van der Waals surface area contributed by atoms with Crippen molar-refractivity contribution in [3.8, 4) is 5.75 Å². The van der Waals surface area contributed by atoms with Gasteiger partial charge in [-0.15, -0.1) is 0 Å². The molecule has 5 heteroatoms. The normalized spacial score (nSPS) is 14.6. The molecule has 0 saturated heterocycles. The Hall–Kier alpha value is -2.82. The van der Waals surface area contributed by atoms with Crippen molar-refractivity contribution in [3.05, 3.63) is 59.7 Å². The van der Waals surface area contributed by atoms with Gasteiger partial charge in [0.1, 0.15) is 5.75 Å². The minimum absolute atomic E-state index is 0.0529. The molecule has 3 rings (SSSR count). The van der Waals surface area contributed by atoms with Crippen LogP contribution < -0.4 is 10.1 Å². The predicted molar refractivity (Wildman–Crippen MR) is 129 cm³/mol. The summed E-state index contributed by atoms with van der Waals surface area (Å²) in [7, 11) is 1.86. The van der Waals surface area contributed by atoms with Gasteiger partial charge in [0.2, 0.25) is 0 Å². The molecule has 5 nitrogen and oxygen atoms in total. The number of amides is 2. The number of carbonyl (C=O) groups is 2. The van der Waals surface area contributed by atoms with Gasteiger partial charge in [0.15, 0.2) is 6.61 Å². The molecule has 1 saturated carbocycles. The molecule has 1 N–H and O–H groups in total. The maximum absolute atomic E-state index is 13.1. The summed E-state index contributed by atoms with van der Waals surface area (Å²) in [5.41, 5.74) is 2.39. The van der Waals surface area contributed by atoms with Gasteiger partial charge in [-0.1, -0.05) is 64.3 Å². The van der Waals surface area contributed by atoms with Crippen LogP contribution in [0.5, 0.6) is 5.75 Å². The predicted octanol–water partition coefficient (Wildman–Crippen LogP) is 5.80. The van der Waals surface area contributed by atoms with Gasteiger partial charge in [0.05, 0.1) is 11.3 Å². The van der Waals surface area contributed by atoms with Crippen molar-refractivity contribution in [3.63, 3.8) is 0 Å². The number of hydrogen-bond donors (Lipinski definition) is 1. The third-order valence-corrected chi connectivity index (χ3v) is 6.76. The molecule has 32 heavy (non-hydrogen) atoms. The zero-order chi connectivity index (χ0) is 23.1. The molecule has 0 unspecified atom stereocenters. The van der Waals surface area contributed by atoms with Gasteiger partial charge in [-0.2, -0.15) is 0 Å². The lowest BCUT2D eigenvalue weighted by Gasteiger charge is -2.31. The van der Waals surface area contributed by atoms with E-state index in [4.69, 9.17) is 4.74 Å². The standard InChI is InChI=1S/C27H36N2O3/c1-5-27(2,3)20-15-17-22(18-16-20)32-19-25(30)28-24-14-10-9-13-23(24)26(31)29(4)21-11-7-6-8-12-21/h9-10,13-18,21H,5-8,11-12,19H2,1-4H3,(H,28,30). The molecule has 172 valence electrons. The van der Waals surface area contributed by atoms with Gasteiger partial charge >= 0.3 is 0 Å². The molecule has 0 radical (unpaired) electrons. The maximum atomic E-state index is 13.1. The van der Waals surface area contributed by atoms with E-state index in [1.165, 1.54) is 12.0 Å². The zero-order valence-electron chi connectivity index (χ0n) is 19.8. The summed E-state index contributed by atoms with van der Waals surface area (Å²) in [5, 5.41) is 2.85. The Balaban J connectivity index is 1.60. The Morgan fingerprint density at radius 2 is 1.69 bits per heavy atom. The Bertz CT molecular complexity index is 915. The first-order valence-electron chi connectivity index (χ1n) is 11.7. The van der Waals surface area contributed by atoms with E-state index in [0.717, 1.165) is 32.1 Å². The van der Waals surface area contributed by atoms with Crippen molar-refractivity contribution < 1.29 is 14.3 Å². The SMILES string of the molecule is CCC(C)(C)c1ccc(OCC(=O)Nc2ccccc2C(=O)N(C)C2CCCCC2)cc1. The van der Waals surface area contributed by atoms with Crippen LogP contribution >= 0.6 is 0 Å². The lowest BCUT2D eigenvalue weighted by atomic mass is 9.82. The maximum Gasteiger partial charge on any atom is 0.262 e. The van der Waals surface area contributed by atoms with Crippen LogP contribution in [0, 0.1) is 0 Å². The minimum atomic E-state index is -0.288. The van der Waals surface area contributed by atoms with Gasteiger partial charge in [0, 0.05) is 13.1 Å². The lowest BCUT2D eigenvalue weighted by molar-refractivity contribution is -0.118. The summed E-state index contributed by atoms with van der Waals surface area (Å²) in [5.74, 6) is 0.309. The highest BCUT2D eigenvalue weighted by Gasteiger charge is 2.25. The van der Waals surface area contributed by atoms with Crippen molar-refractivity contribution in [1.29, 1.82) is 0 Å². The van der Waals surface area contributed by atoms with Crippen LogP contribution in [0.25, 0.3) is 0 Å². The molecular weight excluding hydrogens is 400 g/mol. The molecule has 1 aliphatic carbocycles. The third-order valence-electron chi connectivity index (χ3n) is 6.76. The third kappa shape index (κ3) is 5.90. The van der Waals surface area contributed by atoms with E-state index in [1.54, 1.807) is 12.1 Å². The topological polar surface area (TPSA) is 58.6 Å². The Kier molecular flexibility index (Phi) is 7.94. The number of carbonyl (C=O) groups excluding carboxylic acids is 2. The van der Waals surface area contributed by atoms with Gasteiger partial charge in [-0.3, -0.25) is 9.59 Å². The summed E-state index contributed by atoms with van der Waals surface area (Å²) >= 11 is 0. The molecule has 0 bridgehead atoms. The zero-order valence-corrected chi connectivity index (χ0v) is 19.8. The van der Waals surface area contributed by atoms with Gasteiger partial charge in [0.25, 0.3) is 11.8 Å². The molecule has 0 heterocycles. The van der Waals surface area contributed by atoms with E-state index in [-0.39, 0.29) is 29.9 Å². The summed E-state index contributed by atoms with van der Waals surface area (Å²) in [4.78, 5) is 27.5. The first-order valence-corrected chi connectivity index (χ1v) is 11.7. The molecule has 0 spiro atoms. The van der Waals surface area contributed by atoms with Crippen molar-refractivity contribution in [2.24, 2.45) is 0 Å². The smallest absolute Gasteiger partial charge is 0.262 e. The van der Waals surface area contributed by atoms with E-state index in [0.29, 0.717) is 17.0 Å². The number of benzene rings is 2. The monoisotopic (exact) mass is 436 g/mol. The molecule has 1 fully saturated rings. The number of hydrogen-bond acceptors (Lipinski definition) is 3. The van der Waals surface area contributed by atoms with Gasteiger partial charge in [-0.05, 0) is 54.5 Å². The Labute approximate surface area is 192 Å². The van der Waals surface area contributed by atoms with E-state index < -0.39 is 0 Å². The fraction of sp³-hybridized carbons (Fsp3) is 0.481. The lowest BCUT2D eigenvalue weighted by Crippen LogP contribution is -2.38. The molecule has 2 aromatic carbocycles. The van der Waals surface area contributed by atoms with Crippen molar-refractivity contribution in [2.75, 3.05) is 19.0 Å². The van der Waals surface area contributed by atoms with Crippen LogP contribution in [0.1, 0.15) is 75.2 Å². The van der Waals surface area contributed by atoms with Crippen molar-refractivity contribution in [2.45, 2.75) is 70.8 Å². The van der Waals surface area contributed by atoms with Gasteiger partial charge in [-0.25, -0.2) is 0 Å². The first-order chi connectivity index (χ1) is 15.3. The number of nitrogens with zero attached hydrogens (tertiary/aromatic N) is 1. The molecule has 0 aromatic heterocycles. The molecule has 2 aromatic rings. The van der Waals surface area contributed by atoms with E-state index in [9.17, 15) is 9.59 Å². The number of rotatable bonds is 8. The van der Waals surface area contributed by atoms with Crippen molar-refractivity contribution >= 4 is 17.5 Å². The molecular formula is C27H36N2O3. The number of para-hydroxylation sites is 1. The highest BCUT2D eigenvalue weighted by molar-refractivity contribution is 6.04. The van der Waals surface area contributed by atoms with Crippen molar-refractivity contribution in [1.82, 2.24) is 4.90 Å². The molecule has 0 aliphatic heterocycles.